The number of anilines is 1. The smallest absolute Gasteiger partial charge is 0.243 e. The molecule has 1 aromatic rings. The van der Waals surface area contributed by atoms with Crippen molar-refractivity contribution in [2.75, 3.05) is 45.2 Å². The zero-order valence-electron chi connectivity index (χ0n) is 13.8. The molecule has 1 aliphatic rings. The SMILES string of the molecule is CCOc1ccc(S(=O)(=O)N2CC[NH+](C)CC2)cc1NC(C)=O. The lowest BCUT2D eigenvalue weighted by Crippen LogP contribution is -3.12. The fourth-order valence-electron chi connectivity index (χ4n) is 2.50. The summed E-state index contributed by atoms with van der Waals surface area (Å²) >= 11 is 0. The van der Waals surface area contributed by atoms with Crippen LogP contribution >= 0.6 is 0 Å². The van der Waals surface area contributed by atoms with Gasteiger partial charge in [-0.2, -0.15) is 4.31 Å². The highest BCUT2D eigenvalue weighted by molar-refractivity contribution is 7.89. The van der Waals surface area contributed by atoms with Gasteiger partial charge in [0.25, 0.3) is 0 Å². The monoisotopic (exact) mass is 342 g/mol. The summed E-state index contributed by atoms with van der Waals surface area (Å²) < 4.78 is 32.5. The van der Waals surface area contributed by atoms with Gasteiger partial charge in [0.05, 0.1) is 50.4 Å². The molecule has 1 aliphatic heterocycles. The number of hydrogen-bond acceptors (Lipinski definition) is 4. The summed E-state index contributed by atoms with van der Waals surface area (Å²) in [6.45, 7) is 6.20. The minimum atomic E-state index is -3.56. The van der Waals surface area contributed by atoms with Gasteiger partial charge in [-0.05, 0) is 25.1 Å². The average molecular weight is 342 g/mol. The Balaban J connectivity index is 2.32. The molecule has 1 aromatic carbocycles. The molecule has 0 atom stereocenters. The number of likely N-dealkylation sites (N-methyl/N-ethyl adjacent to an activating group) is 1. The molecule has 2 N–H and O–H groups in total. The van der Waals surface area contributed by atoms with Crippen LogP contribution in [0, 0.1) is 0 Å². The fourth-order valence-corrected chi connectivity index (χ4v) is 3.96. The van der Waals surface area contributed by atoms with Crippen molar-refractivity contribution in [2.24, 2.45) is 0 Å². The van der Waals surface area contributed by atoms with Gasteiger partial charge in [-0.3, -0.25) is 4.79 Å². The molecule has 0 aromatic heterocycles. The molecule has 7 nitrogen and oxygen atoms in total. The molecule has 1 fully saturated rings. The fraction of sp³-hybridized carbons (Fsp3) is 0.533. The summed E-state index contributed by atoms with van der Waals surface area (Å²) in [7, 11) is -1.51. The van der Waals surface area contributed by atoms with E-state index in [-0.39, 0.29) is 10.8 Å². The van der Waals surface area contributed by atoms with E-state index in [9.17, 15) is 13.2 Å². The van der Waals surface area contributed by atoms with E-state index < -0.39 is 10.0 Å². The topological polar surface area (TPSA) is 80.2 Å². The zero-order valence-corrected chi connectivity index (χ0v) is 14.6. The van der Waals surface area contributed by atoms with Crippen molar-refractivity contribution in [1.82, 2.24) is 4.31 Å². The molecule has 0 spiro atoms. The Labute approximate surface area is 137 Å². The van der Waals surface area contributed by atoms with Gasteiger partial charge in [-0.25, -0.2) is 8.42 Å². The number of carbonyl (C=O) groups is 1. The van der Waals surface area contributed by atoms with Crippen LogP contribution in [0.3, 0.4) is 0 Å². The summed E-state index contributed by atoms with van der Waals surface area (Å²) in [5.74, 6) is 0.188. The number of ether oxygens (including phenoxy) is 1. The van der Waals surface area contributed by atoms with Crippen LogP contribution in [-0.2, 0) is 14.8 Å². The van der Waals surface area contributed by atoms with E-state index in [1.54, 1.807) is 6.07 Å². The Morgan fingerprint density at radius 3 is 2.57 bits per heavy atom. The van der Waals surface area contributed by atoms with Gasteiger partial charge in [-0.1, -0.05) is 0 Å². The molecule has 0 unspecified atom stereocenters. The maximum Gasteiger partial charge on any atom is 0.243 e. The number of rotatable bonds is 5. The standard InChI is InChI=1S/C15H23N3O4S/c1-4-22-15-6-5-13(11-14(15)16-12(2)19)23(20,21)18-9-7-17(3)8-10-18/h5-6,11H,4,7-10H2,1-3H3,(H,16,19)/p+1. The maximum absolute atomic E-state index is 12.8. The first-order chi connectivity index (χ1) is 10.8. The molecule has 1 heterocycles. The maximum atomic E-state index is 12.8. The van der Waals surface area contributed by atoms with Crippen LogP contribution in [0.5, 0.6) is 5.75 Å². The second-order valence-corrected chi connectivity index (χ2v) is 7.57. The van der Waals surface area contributed by atoms with Crippen LogP contribution in [0.15, 0.2) is 23.1 Å². The second-order valence-electron chi connectivity index (χ2n) is 5.63. The second kappa shape index (κ2) is 7.29. The van der Waals surface area contributed by atoms with Gasteiger partial charge in [0.1, 0.15) is 5.75 Å². The van der Waals surface area contributed by atoms with E-state index in [0.29, 0.717) is 31.1 Å². The van der Waals surface area contributed by atoms with Gasteiger partial charge >= 0.3 is 0 Å². The highest BCUT2D eigenvalue weighted by Crippen LogP contribution is 2.29. The van der Waals surface area contributed by atoms with Crippen molar-refractivity contribution < 1.29 is 22.8 Å². The third kappa shape index (κ3) is 4.21. The van der Waals surface area contributed by atoms with E-state index in [1.807, 2.05) is 6.92 Å². The lowest BCUT2D eigenvalue weighted by Gasteiger charge is -2.29. The van der Waals surface area contributed by atoms with E-state index in [1.165, 1.54) is 28.3 Å². The van der Waals surface area contributed by atoms with Crippen LogP contribution < -0.4 is 15.0 Å². The first-order valence-electron chi connectivity index (χ1n) is 7.70. The van der Waals surface area contributed by atoms with Crippen molar-refractivity contribution in [1.29, 1.82) is 0 Å². The van der Waals surface area contributed by atoms with Crippen molar-refractivity contribution >= 4 is 21.6 Å². The molecular weight excluding hydrogens is 318 g/mol. The molecule has 2 rings (SSSR count). The average Bonchev–Trinajstić information content (AvgIpc) is 2.49. The van der Waals surface area contributed by atoms with Gasteiger partial charge in [0.2, 0.25) is 15.9 Å². The first kappa shape index (κ1) is 17.7. The van der Waals surface area contributed by atoms with E-state index in [4.69, 9.17) is 4.74 Å². The molecule has 0 radical (unpaired) electrons. The number of benzene rings is 1. The zero-order chi connectivity index (χ0) is 17.0. The summed E-state index contributed by atoms with van der Waals surface area (Å²) in [5, 5.41) is 2.63. The summed E-state index contributed by atoms with van der Waals surface area (Å²) in [4.78, 5) is 12.8. The quantitative estimate of drug-likeness (QED) is 0.760. The molecule has 128 valence electrons. The van der Waals surface area contributed by atoms with Crippen molar-refractivity contribution in [3.8, 4) is 5.75 Å². The molecular formula is C15H24N3O4S+. The predicted octanol–water partition coefficient (Wildman–Crippen LogP) is -0.437. The highest BCUT2D eigenvalue weighted by Gasteiger charge is 2.29. The van der Waals surface area contributed by atoms with E-state index in [2.05, 4.69) is 12.4 Å². The number of nitrogens with zero attached hydrogens (tertiary/aromatic N) is 1. The number of piperazine rings is 1. The Bertz CT molecular complexity index is 667. The Morgan fingerprint density at radius 2 is 2.00 bits per heavy atom. The van der Waals surface area contributed by atoms with Gasteiger partial charge in [0, 0.05) is 6.92 Å². The number of sulfonamides is 1. The van der Waals surface area contributed by atoms with Gasteiger partial charge < -0.3 is 15.0 Å². The number of nitrogens with one attached hydrogen (secondary N) is 2. The van der Waals surface area contributed by atoms with Crippen LogP contribution in [0.4, 0.5) is 5.69 Å². The van der Waals surface area contributed by atoms with Crippen molar-refractivity contribution in [2.45, 2.75) is 18.7 Å². The largest absolute Gasteiger partial charge is 0.492 e. The van der Waals surface area contributed by atoms with Gasteiger partial charge in [0.15, 0.2) is 0 Å². The summed E-state index contributed by atoms with van der Waals surface area (Å²) in [5.41, 5.74) is 0.375. The molecule has 23 heavy (non-hydrogen) atoms. The van der Waals surface area contributed by atoms with Gasteiger partial charge in [-0.15, -0.1) is 0 Å². The van der Waals surface area contributed by atoms with Crippen LogP contribution in [0.25, 0.3) is 0 Å². The lowest BCUT2D eigenvalue weighted by molar-refractivity contribution is -0.883. The Hall–Kier alpha value is -1.64. The van der Waals surface area contributed by atoms with Crippen LogP contribution in [0.1, 0.15) is 13.8 Å². The lowest BCUT2D eigenvalue weighted by atomic mass is 10.3. The van der Waals surface area contributed by atoms with Crippen molar-refractivity contribution in [3.05, 3.63) is 18.2 Å². The van der Waals surface area contributed by atoms with E-state index in [0.717, 1.165) is 13.1 Å². The minimum absolute atomic E-state index is 0.171. The minimum Gasteiger partial charge on any atom is -0.492 e. The molecule has 8 heteroatoms. The summed E-state index contributed by atoms with van der Waals surface area (Å²) in [6, 6.07) is 4.58. The number of amides is 1. The predicted molar refractivity (Wildman–Crippen MR) is 87.3 cm³/mol. The third-order valence-electron chi connectivity index (χ3n) is 3.78. The molecule has 0 aliphatic carbocycles. The normalized spacial score (nSPS) is 17.0. The number of quaternary nitrogens is 1. The highest BCUT2D eigenvalue weighted by atomic mass is 32.2. The molecule has 1 saturated heterocycles. The molecule has 1 amide bonds. The third-order valence-corrected chi connectivity index (χ3v) is 5.67. The molecule has 0 bridgehead atoms. The molecule has 0 saturated carbocycles. The number of hydrogen-bond donors (Lipinski definition) is 2. The Morgan fingerprint density at radius 1 is 1.35 bits per heavy atom. The Kier molecular flexibility index (Phi) is 5.61. The first-order valence-corrected chi connectivity index (χ1v) is 9.14. The summed E-state index contributed by atoms with van der Waals surface area (Å²) in [6.07, 6.45) is 0. The number of carbonyl (C=O) groups excluding carboxylic acids is 1. The van der Waals surface area contributed by atoms with Crippen LogP contribution in [0.2, 0.25) is 0 Å². The van der Waals surface area contributed by atoms with E-state index >= 15 is 0 Å². The van der Waals surface area contributed by atoms with Crippen molar-refractivity contribution in [3.63, 3.8) is 0 Å². The van der Waals surface area contributed by atoms with Crippen LogP contribution in [-0.4, -0.2) is 58.5 Å².